The van der Waals surface area contributed by atoms with Gasteiger partial charge in [-0.15, -0.1) is 0 Å². The van der Waals surface area contributed by atoms with E-state index in [9.17, 15) is 13.9 Å². The Labute approximate surface area is 82.4 Å². The van der Waals surface area contributed by atoms with E-state index in [0.717, 1.165) is 12.1 Å². The van der Waals surface area contributed by atoms with Crippen molar-refractivity contribution in [3.63, 3.8) is 0 Å². The van der Waals surface area contributed by atoms with Crippen molar-refractivity contribution in [1.29, 1.82) is 0 Å². The maximum Gasteiger partial charge on any atom is 0.159 e. The molecular formula is C11H14F2O. The third-order valence-electron chi connectivity index (χ3n) is 2.02. The molecule has 1 rings (SSSR count). The van der Waals surface area contributed by atoms with Crippen molar-refractivity contribution in [3.05, 3.63) is 35.4 Å². The standard InChI is InChI=1S/C11H14F2O/c1-7(2)5-11(14)8-3-4-9(12)10(13)6-8/h3-4,6-7,11,14H,5H2,1-2H3. The molecule has 1 aromatic carbocycles. The number of hydrogen-bond donors (Lipinski definition) is 1. The Morgan fingerprint density at radius 2 is 1.86 bits per heavy atom. The highest BCUT2D eigenvalue weighted by atomic mass is 19.2. The Hall–Kier alpha value is -0.960. The predicted molar refractivity (Wildman–Crippen MR) is 50.8 cm³/mol. The van der Waals surface area contributed by atoms with Gasteiger partial charge < -0.3 is 5.11 Å². The molecule has 0 fully saturated rings. The van der Waals surface area contributed by atoms with Crippen molar-refractivity contribution in [2.75, 3.05) is 0 Å². The van der Waals surface area contributed by atoms with Gasteiger partial charge >= 0.3 is 0 Å². The molecule has 0 bridgehead atoms. The summed E-state index contributed by atoms with van der Waals surface area (Å²) in [6, 6.07) is 3.49. The molecule has 1 aromatic rings. The fourth-order valence-electron chi connectivity index (χ4n) is 1.30. The Morgan fingerprint density at radius 3 is 2.36 bits per heavy atom. The molecule has 1 atom stereocenters. The molecule has 0 aromatic heterocycles. The minimum absolute atomic E-state index is 0.318. The second kappa shape index (κ2) is 4.51. The van der Waals surface area contributed by atoms with E-state index in [1.807, 2.05) is 13.8 Å². The van der Waals surface area contributed by atoms with E-state index in [2.05, 4.69) is 0 Å². The van der Waals surface area contributed by atoms with Crippen molar-refractivity contribution in [1.82, 2.24) is 0 Å². The van der Waals surface area contributed by atoms with Crippen LogP contribution in [-0.2, 0) is 0 Å². The Bertz CT molecular complexity index is 310. The highest BCUT2D eigenvalue weighted by Crippen LogP contribution is 2.22. The summed E-state index contributed by atoms with van der Waals surface area (Å²) in [5.74, 6) is -1.48. The number of aliphatic hydroxyl groups excluding tert-OH is 1. The molecule has 78 valence electrons. The first-order valence-corrected chi connectivity index (χ1v) is 4.63. The zero-order valence-electron chi connectivity index (χ0n) is 8.30. The summed E-state index contributed by atoms with van der Waals surface area (Å²) >= 11 is 0. The van der Waals surface area contributed by atoms with Gasteiger partial charge in [0, 0.05) is 0 Å². The first-order valence-electron chi connectivity index (χ1n) is 4.63. The van der Waals surface area contributed by atoms with Crippen LogP contribution in [0.15, 0.2) is 18.2 Å². The van der Waals surface area contributed by atoms with E-state index >= 15 is 0 Å². The monoisotopic (exact) mass is 200 g/mol. The summed E-state index contributed by atoms with van der Waals surface area (Å²) in [6.45, 7) is 3.92. The van der Waals surface area contributed by atoms with Crippen LogP contribution in [0.2, 0.25) is 0 Å². The highest BCUT2D eigenvalue weighted by molar-refractivity contribution is 5.19. The molecule has 0 heterocycles. The normalized spacial score (nSPS) is 13.3. The number of rotatable bonds is 3. The Kier molecular flexibility index (Phi) is 3.58. The smallest absolute Gasteiger partial charge is 0.159 e. The van der Waals surface area contributed by atoms with Crippen LogP contribution < -0.4 is 0 Å². The van der Waals surface area contributed by atoms with E-state index in [1.165, 1.54) is 6.07 Å². The molecule has 0 spiro atoms. The molecule has 0 amide bonds. The first kappa shape index (κ1) is 11.1. The minimum Gasteiger partial charge on any atom is -0.388 e. The van der Waals surface area contributed by atoms with Gasteiger partial charge in [0.05, 0.1) is 6.10 Å². The van der Waals surface area contributed by atoms with Crippen molar-refractivity contribution in [2.24, 2.45) is 5.92 Å². The Morgan fingerprint density at radius 1 is 1.21 bits per heavy atom. The van der Waals surface area contributed by atoms with Crippen molar-refractivity contribution < 1.29 is 13.9 Å². The van der Waals surface area contributed by atoms with Crippen LogP contribution >= 0.6 is 0 Å². The first-order chi connectivity index (χ1) is 6.50. The van der Waals surface area contributed by atoms with Gasteiger partial charge in [-0.1, -0.05) is 19.9 Å². The summed E-state index contributed by atoms with van der Waals surface area (Å²) in [5, 5.41) is 9.62. The maximum atomic E-state index is 12.8. The average Bonchev–Trinajstić information content (AvgIpc) is 2.08. The van der Waals surface area contributed by atoms with Crippen LogP contribution in [0.5, 0.6) is 0 Å². The molecule has 1 N–H and O–H groups in total. The molecule has 0 aliphatic rings. The third-order valence-corrected chi connectivity index (χ3v) is 2.02. The van der Waals surface area contributed by atoms with E-state index in [4.69, 9.17) is 0 Å². The lowest BCUT2D eigenvalue weighted by Crippen LogP contribution is -2.02. The fraction of sp³-hybridized carbons (Fsp3) is 0.455. The molecule has 0 aliphatic heterocycles. The lowest BCUT2D eigenvalue weighted by atomic mass is 9.99. The van der Waals surface area contributed by atoms with E-state index in [-0.39, 0.29) is 0 Å². The molecule has 1 unspecified atom stereocenters. The summed E-state index contributed by atoms with van der Waals surface area (Å²) in [5.41, 5.74) is 0.428. The molecule has 1 nitrogen and oxygen atoms in total. The summed E-state index contributed by atoms with van der Waals surface area (Å²) in [4.78, 5) is 0. The maximum absolute atomic E-state index is 12.8. The Balaban J connectivity index is 2.80. The van der Waals surface area contributed by atoms with E-state index < -0.39 is 17.7 Å². The van der Waals surface area contributed by atoms with Crippen LogP contribution in [0, 0.1) is 17.6 Å². The van der Waals surface area contributed by atoms with E-state index in [1.54, 1.807) is 0 Å². The quantitative estimate of drug-likeness (QED) is 0.795. The van der Waals surface area contributed by atoms with Crippen LogP contribution in [0.4, 0.5) is 8.78 Å². The lowest BCUT2D eigenvalue weighted by Gasteiger charge is -2.13. The molecule has 0 saturated heterocycles. The zero-order chi connectivity index (χ0) is 10.7. The highest BCUT2D eigenvalue weighted by Gasteiger charge is 2.11. The average molecular weight is 200 g/mol. The number of hydrogen-bond acceptors (Lipinski definition) is 1. The second-order valence-electron chi connectivity index (χ2n) is 3.82. The van der Waals surface area contributed by atoms with Crippen LogP contribution in [0.1, 0.15) is 31.9 Å². The summed E-state index contributed by atoms with van der Waals surface area (Å²) in [6.07, 6.45) is -0.171. The van der Waals surface area contributed by atoms with Gasteiger partial charge in [0.2, 0.25) is 0 Å². The SMILES string of the molecule is CC(C)CC(O)c1ccc(F)c(F)c1. The lowest BCUT2D eigenvalue weighted by molar-refractivity contribution is 0.150. The van der Waals surface area contributed by atoms with Gasteiger partial charge in [-0.05, 0) is 30.0 Å². The third kappa shape index (κ3) is 2.77. The fourth-order valence-corrected chi connectivity index (χ4v) is 1.30. The zero-order valence-corrected chi connectivity index (χ0v) is 8.30. The van der Waals surface area contributed by atoms with Crippen molar-refractivity contribution in [3.8, 4) is 0 Å². The molecular weight excluding hydrogens is 186 g/mol. The van der Waals surface area contributed by atoms with Crippen LogP contribution in [0.3, 0.4) is 0 Å². The second-order valence-corrected chi connectivity index (χ2v) is 3.82. The number of benzene rings is 1. The molecule has 0 radical (unpaired) electrons. The van der Waals surface area contributed by atoms with Gasteiger partial charge in [0.25, 0.3) is 0 Å². The molecule has 0 aliphatic carbocycles. The van der Waals surface area contributed by atoms with Crippen LogP contribution in [-0.4, -0.2) is 5.11 Å². The van der Waals surface area contributed by atoms with Crippen LogP contribution in [0.25, 0.3) is 0 Å². The van der Waals surface area contributed by atoms with E-state index in [0.29, 0.717) is 17.9 Å². The summed E-state index contributed by atoms with van der Waals surface area (Å²) < 4.78 is 25.4. The van der Waals surface area contributed by atoms with Gasteiger partial charge in [0.15, 0.2) is 11.6 Å². The van der Waals surface area contributed by atoms with Crippen molar-refractivity contribution in [2.45, 2.75) is 26.4 Å². The minimum atomic E-state index is -0.912. The predicted octanol–water partition coefficient (Wildman–Crippen LogP) is 3.04. The summed E-state index contributed by atoms with van der Waals surface area (Å²) in [7, 11) is 0. The molecule has 3 heteroatoms. The molecule has 14 heavy (non-hydrogen) atoms. The van der Waals surface area contributed by atoms with Gasteiger partial charge in [-0.2, -0.15) is 0 Å². The topological polar surface area (TPSA) is 20.2 Å². The van der Waals surface area contributed by atoms with Crippen molar-refractivity contribution >= 4 is 0 Å². The van der Waals surface area contributed by atoms with Gasteiger partial charge in [-0.3, -0.25) is 0 Å². The van der Waals surface area contributed by atoms with Gasteiger partial charge in [-0.25, -0.2) is 8.78 Å². The number of halogens is 2. The molecule has 0 saturated carbocycles. The number of aliphatic hydroxyl groups is 1. The van der Waals surface area contributed by atoms with Gasteiger partial charge in [0.1, 0.15) is 0 Å². The largest absolute Gasteiger partial charge is 0.388 e.